The van der Waals surface area contributed by atoms with Crippen molar-refractivity contribution in [3.63, 3.8) is 0 Å². The molecule has 2 rings (SSSR count). The summed E-state index contributed by atoms with van der Waals surface area (Å²) in [5.74, 6) is -1.25. The van der Waals surface area contributed by atoms with Gasteiger partial charge in [-0.05, 0) is 31.5 Å². The van der Waals surface area contributed by atoms with E-state index in [4.69, 9.17) is 16.3 Å². The van der Waals surface area contributed by atoms with Crippen molar-refractivity contribution in [2.75, 3.05) is 31.2 Å². The van der Waals surface area contributed by atoms with Crippen LogP contribution in [0.5, 0.6) is 0 Å². The van der Waals surface area contributed by atoms with E-state index in [9.17, 15) is 14.0 Å². The minimum absolute atomic E-state index is 0.0425. The van der Waals surface area contributed by atoms with Crippen LogP contribution < -0.4 is 10.2 Å². The third-order valence-electron chi connectivity index (χ3n) is 3.68. The largest absolute Gasteiger partial charge is 0.382 e. The molecule has 0 spiro atoms. The molecule has 0 saturated carbocycles. The molecule has 1 atom stereocenters. The molecule has 2 amide bonds. The lowest BCUT2D eigenvalue weighted by molar-refractivity contribution is -0.126. The number of ether oxygens (including phenoxy) is 1. The van der Waals surface area contributed by atoms with Crippen LogP contribution in [0.4, 0.5) is 10.1 Å². The number of hydrogen-bond donors (Lipinski definition) is 1. The van der Waals surface area contributed by atoms with Crippen LogP contribution in [0.3, 0.4) is 0 Å². The van der Waals surface area contributed by atoms with E-state index in [-0.39, 0.29) is 29.8 Å². The predicted octanol–water partition coefficient (Wildman–Crippen LogP) is 2.37. The summed E-state index contributed by atoms with van der Waals surface area (Å²) in [5, 5.41) is 2.77. The van der Waals surface area contributed by atoms with Gasteiger partial charge in [0.05, 0.1) is 10.9 Å². The summed E-state index contributed by atoms with van der Waals surface area (Å²) in [6.45, 7) is 3.96. The molecule has 0 aliphatic carbocycles. The number of nitrogens with one attached hydrogen (secondary N) is 1. The van der Waals surface area contributed by atoms with E-state index in [2.05, 4.69) is 5.32 Å². The van der Waals surface area contributed by atoms with Crippen molar-refractivity contribution < 1.29 is 18.7 Å². The Labute approximate surface area is 139 Å². The molecule has 7 heteroatoms. The van der Waals surface area contributed by atoms with Gasteiger partial charge in [0, 0.05) is 38.4 Å². The second kappa shape index (κ2) is 8.26. The van der Waals surface area contributed by atoms with E-state index in [0.717, 1.165) is 6.42 Å². The Kier molecular flexibility index (Phi) is 6.36. The van der Waals surface area contributed by atoms with Crippen LogP contribution in [0.1, 0.15) is 19.8 Å². The minimum Gasteiger partial charge on any atom is -0.382 e. The lowest BCUT2D eigenvalue weighted by Crippen LogP contribution is -2.33. The number of carbonyl (C=O) groups excluding carboxylic acids is 2. The molecule has 1 N–H and O–H groups in total. The van der Waals surface area contributed by atoms with Gasteiger partial charge in [0.25, 0.3) is 0 Å². The smallest absolute Gasteiger partial charge is 0.227 e. The Hall–Kier alpha value is -1.66. The molecule has 1 aliphatic heterocycles. The van der Waals surface area contributed by atoms with Crippen LogP contribution in [-0.4, -0.2) is 38.1 Å². The molecule has 1 aliphatic rings. The SMILES string of the molecule is CCOCCCNC(=O)C1CC(=O)N(c2ccc(F)c(Cl)c2)C1. The van der Waals surface area contributed by atoms with Crippen molar-refractivity contribution in [3.05, 3.63) is 29.0 Å². The highest BCUT2D eigenvalue weighted by atomic mass is 35.5. The maximum Gasteiger partial charge on any atom is 0.227 e. The molecule has 0 bridgehead atoms. The molecule has 1 aromatic rings. The van der Waals surface area contributed by atoms with Gasteiger partial charge in [-0.25, -0.2) is 4.39 Å². The number of amides is 2. The van der Waals surface area contributed by atoms with Gasteiger partial charge in [0.15, 0.2) is 0 Å². The van der Waals surface area contributed by atoms with Crippen molar-refractivity contribution in [1.29, 1.82) is 0 Å². The molecule has 126 valence electrons. The van der Waals surface area contributed by atoms with E-state index in [1.165, 1.54) is 23.1 Å². The number of carbonyl (C=O) groups is 2. The molecular formula is C16H20ClFN2O3. The average Bonchev–Trinajstić information content (AvgIpc) is 2.92. The molecule has 23 heavy (non-hydrogen) atoms. The topological polar surface area (TPSA) is 58.6 Å². The molecule has 1 aromatic carbocycles. The van der Waals surface area contributed by atoms with Gasteiger partial charge in [-0.15, -0.1) is 0 Å². The first-order valence-corrected chi connectivity index (χ1v) is 8.01. The Morgan fingerprint density at radius 3 is 3.00 bits per heavy atom. The maximum absolute atomic E-state index is 13.2. The fourth-order valence-electron chi connectivity index (χ4n) is 2.46. The first-order chi connectivity index (χ1) is 11.0. The number of anilines is 1. The Bertz CT molecular complexity index is 582. The van der Waals surface area contributed by atoms with Crippen LogP contribution in [0.2, 0.25) is 5.02 Å². The molecule has 1 fully saturated rings. The zero-order valence-electron chi connectivity index (χ0n) is 13.0. The van der Waals surface area contributed by atoms with Crippen LogP contribution in [-0.2, 0) is 14.3 Å². The highest BCUT2D eigenvalue weighted by Gasteiger charge is 2.35. The van der Waals surface area contributed by atoms with Crippen molar-refractivity contribution in [2.24, 2.45) is 5.92 Å². The molecule has 1 unspecified atom stereocenters. The van der Waals surface area contributed by atoms with Gasteiger partial charge in [-0.2, -0.15) is 0 Å². The van der Waals surface area contributed by atoms with Crippen LogP contribution in [0, 0.1) is 11.7 Å². The van der Waals surface area contributed by atoms with E-state index >= 15 is 0 Å². The summed E-state index contributed by atoms with van der Waals surface area (Å²) < 4.78 is 18.4. The van der Waals surface area contributed by atoms with Crippen molar-refractivity contribution in [2.45, 2.75) is 19.8 Å². The highest BCUT2D eigenvalue weighted by Crippen LogP contribution is 2.28. The summed E-state index contributed by atoms with van der Waals surface area (Å²) in [5.41, 5.74) is 0.507. The molecule has 5 nitrogen and oxygen atoms in total. The summed E-state index contributed by atoms with van der Waals surface area (Å²) in [6, 6.07) is 4.10. The Morgan fingerprint density at radius 2 is 2.30 bits per heavy atom. The van der Waals surface area contributed by atoms with Crippen molar-refractivity contribution >= 4 is 29.1 Å². The third-order valence-corrected chi connectivity index (χ3v) is 3.97. The van der Waals surface area contributed by atoms with E-state index < -0.39 is 11.7 Å². The summed E-state index contributed by atoms with van der Waals surface area (Å²) >= 11 is 5.74. The van der Waals surface area contributed by atoms with Gasteiger partial charge in [0.1, 0.15) is 5.82 Å². The van der Waals surface area contributed by atoms with E-state index in [1.807, 2.05) is 6.92 Å². The van der Waals surface area contributed by atoms with Gasteiger partial charge < -0.3 is 15.0 Å². The molecule has 1 saturated heterocycles. The van der Waals surface area contributed by atoms with Crippen LogP contribution in [0.25, 0.3) is 0 Å². The van der Waals surface area contributed by atoms with E-state index in [1.54, 1.807) is 0 Å². The highest BCUT2D eigenvalue weighted by molar-refractivity contribution is 6.31. The molecular weight excluding hydrogens is 323 g/mol. The maximum atomic E-state index is 13.2. The quantitative estimate of drug-likeness (QED) is 0.774. The molecule has 0 aromatic heterocycles. The first kappa shape index (κ1) is 17.7. The first-order valence-electron chi connectivity index (χ1n) is 7.63. The van der Waals surface area contributed by atoms with Gasteiger partial charge in [-0.1, -0.05) is 11.6 Å². The Balaban J connectivity index is 1.89. The predicted molar refractivity (Wildman–Crippen MR) is 86.0 cm³/mol. The minimum atomic E-state index is -0.536. The number of benzene rings is 1. The second-order valence-electron chi connectivity index (χ2n) is 5.35. The standard InChI is InChI=1S/C16H20ClFN2O3/c1-2-23-7-3-6-19-16(22)11-8-15(21)20(10-11)12-4-5-14(18)13(17)9-12/h4-5,9,11H,2-3,6-8,10H2,1H3,(H,19,22). The normalized spacial score (nSPS) is 17.6. The summed E-state index contributed by atoms with van der Waals surface area (Å²) in [6.07, 6.45) is 0.879. The lowest BCUT2D eigenvalue weighted by Gasteiger charge is -2.17. The lowest BCUT2D eigenvalue weighted by atomic mass is 10.1. The number of nitrogens with zero attached hydrogens (tertiary/aromatic N) is 1. The van der Waals surface area contributed by atoms with Gasteiger partial charge in [0.2, 0.25) is 11.8 Å². The fourth-order valence-corrected chi connectivity index (χ4v) is 2.63. The van der Waals surface area contributed by atoms with Gasteiger partial charge in [-0.3, -0.25) is 9.59 Å². The monoisotopic (exact) mass is 342 g/mol. The van der Waals surface area contributed by atoms with Crippen LogP contribution in [0.15, 0.2) is 18.2 Å². The molecule has 0 radical (unpaired) electrons. The average molecular weight is 343 g/mol. The Morgan fingerprint density at radius 1 is 1.52 bits per heavy atom. The zero-order chi connectivity index (χ0) is 16.8. The zero-order valence-corrected chi connectivity index (χ0v) is 13.7. The van der Waals surface area contributed by atoms with Crippen LogP contribution >= 0.6 is 11.6 Å². The number of hydrogen-bond acceptors (Lipinski definition) is 3. The van der Waals surface area contributed by atoms with Crippen molar-refractivity contribution in [1.82, 2.24) is 5.32 Å². The van der Waals surface area contributed by atoms with Crippen molar-refractivity contribution in [3.8, 4) is 0 Å². The number of halogens is 2. The number of rotatable bonds is 7. The molecule has 1 heterocycles. The fraction of sp³-hybridized carbons (Fsp3) is 0.500. The second-order valence-corrected chi connectivity index (χ2v) is 5.75. The van der Waals surface area contributed by atoms with Gasteiger partial charge >= 0.3 is 0 Å². The third kappa shape index (κ3) is 4.65. The van der Waals surface area contributed by atoms with E-state index in [0.29, 0.717) is 25.4 Å². The summed E-state index contributed by atoms with van der Waals surface area (Å²) in [7, 11) is 0. The summed E-state index contributed by atoms with van der Waals surface area (Å²) in [4.78, 5) is 25.7.